The summed E-state index contributed by atoms with van der Waals surface area (Å²) in [6, 6.07) is 10.5. The third-order valence-electron chi connectivity index (χ3n) is 3.10. The largest absolute Gasteiger partial charge is 0.355 e. The Hall–Kier alpha value is -0.0800. The number of halogens is 1. The first-order valence-electron chi connectivity index (χ1n) is 7.18. The highest BCUT2D eigenvalue weighted by atomic mass is 127. The summed E-state index contributed by atoms with van der Waals surface area (Å²) < 4.78 is 0.210. The monoisotopic (exact) mass is 453 g/mol. The van der Waals surface area contributed by atoms with E-state index in [1.807, 2.05) is 36.6 Å². The quantitative estimate of drug-likeness (QED) is 0.282. The molecule has 1 atom stereocenters. The molecule has 1 rings (SSSR count). The average Bonchev–Trinajstić information content (AvgIpc) is 2.48. The van der Waals surface area contributed by atoms with Gasteiger partial charge in [-0.1, -0.05) is 25.1 Å². The highest BCUT2D eigenvalue weighted by Gasteiger charge is 2.16. The number of nitrogens with one attached hydrogen (secondary N) is 2. The van der Waals surface area contributed by atoms with Gasteiger partial charge in [0.05, 0.1) is 0 Å². The molecule has 0 aromatic heterocycles. The molecule has 2 N–H and O–H groups in total. The summed E-state index contributed by atoms with van der Waals surface area (Å²) >= 11 is 3.73. The first-order valence-corrected chi connectivity index (χ1v) is 9.28. The van der Waals surface area contributed by atoms with Crippen molar-refractivity contribution in [2.45, 2.75) is 35.7 Å². The van der Waals surface area contributed by atoms with Crippen molar-refractivity contribution in [2.75, 3.05) is 26.4 Å². The van der Waals surface area contributed by atoms with Crippen molar-refractivity contribution in [3.63, 3.8) is 0 Å². The van der Waals surface area contributed by atoms with Gasteiger partial charge in [-0.25, -0.2) is 0 Å². The van der Waals surface area contributed by atoms with Crippen molar-refractivity contribution < 1.29 is 0 Å². The summed E-state index contributed by atoms with van der Waals surface area (Å²) in [6.45, 7) is 8.47. The Morgan fingerprint density at radius 1 is 1.23 bits per heavy atom. The van der Waals surface area contributed by atoms with Gasteiger partial charge in [0, 0.05) is 35.0 Å². The Balaban J connectivity index is 0.00000441. The zero-order valence-corrected chi connectivity index (χ0v) is 18.0. The molecule has 0 aliphatic heterocycles. The molecule has 0 aliphatic rings. The van der Waals surface area contributed by atoms with Crippen LogP contribution in [0.1, 0.15) is 20.8 Å². The van der Waals surface area contributed by atoms with E-state index in [4.69, 9.17) is 0 Å². The van der Waals surface area contributed by atoms with Crippen LogP contribution in [0.25, 0.3) is 0 Å². The van der Waals surface area contributed by atoms with Crippen molar-refractivity contribution >= 4 is 53.5 Å². The van der Waals surface area contributed by atoms with Crippen LogP contribution in [-0.4, -0.2) is 42.3 Å². The van der Waals surface area contributed by atoms with E-state index in [9.17, 15) is 0 Å². The average molecular weight is 453 g/mol. The number of guanidine groups is 1. The lowest BCUT2D eigenvalue weighted by Gasteiger charge is -2.24. The summed E-state index contributed by atoms with van der Waals surface area (Å²) in [7, 11) is 1.82. The topological polar surface area (TPSA) is 36.4 Å². The van der Waals surface area contributed by atoms with Crippen molar-refractivity contribution in [3.8, 4) is 0 Å². The molecule has 1 unspecified atom stereocenters. The summed E-state index contributed by atoms with van der Waals surface area (Å²) in [5.74, 6) is 0.873. The van der Waals surface area contributed by atoms with Crippen LogP contribution in [-0.2, 0) is 0 Å². The van der Waals surface area contributed by atoms with Crippen LogP contribution in [0, 0.1) is 0 Å². The van der Waals surface area contributed by atoms with Crippen LogP contribution >= 0.6 is 47.5 Å². The maximum Gasteiger partial charge on any atom is 0.191 e. The minimum Gasteiger partial charge on any atom is -0.355 e. The van der Waals surface area contributed by atoms with Gasteiger partial charge in [-0.3, -0.25) is 4.99 Å². The normalized spacial score (nSPS) is 13.2. The standard InChI is InChI=1S/C16H27N3S2.HI/c1-13(21-14-9-7-6-8-10-14)11-18-15(17-4)19-12-16(2,3)20-5;/h6-10,13H,11-12H2,1-5H3,(H2,17,18,19);1H. The van der Waals surface area contributed by atoms with Crippen molar-refractivity contribution in [1.29, 1.82) is 0 Å². The molecule has 0 fully saturated rings. The van der Waals surface area contributed by atoms with Crippen LogP contribution in [0.5, 0.6) is 0 Å². The number of hydrogen-bond acceptors (Lipinski definition) is 3. The molecule has 0 aliphatic carbocycles. The summed E-state index contributed by atoms with van der Waals surface area (Å²) in [4.78, 5) is 5.58. The van der Waals surface area contributed by atoms with E-state index < -0.39 is 0 Å². The van der Waals surface area contributed by atoms with Crippen molar-refractivity contribution in [3.05, 3.63) is 30.3 Å². The molecule has 0 radical (unpaired) electrons. The Morgan fingerprint density at radius 2 is 1.86 bits per heavy atom. The minimum atomic E-state index is 0. The number of aliphatic imine (C=N–C) groups is 1. The van der Waals surface area contributed by atoms with E-state index in [0.29, 0.717) is 5.25 Å². The predicted octanol–water partition coefficient (Wildman–Crippen LogP) is 4.09. The molecule has 0 spiro atoms. The SMILES string of the molecule is CN=C(NCC(C)Sc1ccccc1)NCC(C)(C)SC.I. The van der Waals surface area contributed by atoms with Gasteiger partial charge < -0.3 is 10.6 Å². The fourth-order valence-corrected chi connectivity index (χ4v) is 2.76. The molecule has 22 heavy (non-hydrogen) atoms. The zero-order valence-electron chi connectivity index (χ0n) is 14.1. The highest BCUT2D eigenvalue weighted by molar-refractivity contribution is 14.0. The van der Waals surface area contributed by atoms with E-state index in [0.717, 1.165) is 19.0 Å². The van der Waals surface area contributed by atoms with Gasteiger partial charge in [0.1, 0.15) is 0 Å². The van der Waals surface area contributed by atoms with E-state index >= 15 is 0 Å². The summed E-state index contributed by atoms with van der Waals surface area (Å²) in [5.41, 5.74) is 0. The molecule has 6 heteroatoms. The van der Waals surface area contributed by atoms with Gasteiger partial charge in [0.25, 0.3) is 0 Å². The van der Waals surface area contributed by atoms with Gasteiger partial charge in [0.2, 0.25) is 0 Å². The Kier molecular flexibility index (Phi) is 11.4. The lowest BCUT2D eigenvalue weighted by molar-refractivity contribution is 0.664. The minimum absolute atomic E-state index is 0. The molecule has 0 heterocycles. The maximum atomic E-state index is 4.28. The molecule has 1 aromatic carbocycles. The third kappa shape index (κ3) is 9.15. The molecule has 3 nitrogen and oxygen atoms in total. The second-order valence-electron chi connectivity index (χ2n) is 5.51. The number of rotatable bonds is 7. The zero-order chi connectivity index (χ0) is 15.7. The molecule has 0 bridgehead atoms. The Bertz CT molecular complexity index is 438. The Morgan fingerprint density at radius 3 is 2.41 bits per heavy atom. The number of benzene rings is 1. The number of thioether (sulfide) groups is 2. The van der Waals surface area contributed by atoms with E-state index in [1.54, 1.807) is 0 Å². The second-order valence-corrected chi connectivity index (χ2v) is 8.54. The second kappa shape index (κ2) is 11.5. The van der Waals surface area contributed by atoms with Crippen molar-refractivity contribution in [1.82, 2.24) is 10.6 Å². The molecule has 0 saturated carbocycles. The van der Waals surface area contributed by atoms with Crippen LogP contribution < -0.4 is 10.6 Å². The first-order chi connectivity index (χ1) is 9.96. The number of nitrogens with zero attached hydrogens (tertiary/aromatic N) is 1. The van der Waals surface area contributed by atoms with E-state index in [2.05, 4.69) is 66.9 Å². The molecule has 1 aromatic rings. The molecular weight excluding hydrogens is 425 g/mol. The lowest BCUT2D eigenvalue weighted by Crippen LogP contribution is -2.44. The molecule has 126 valence electrons. The van der Waals surface area contributed by atoms with Crippen LogP contribution in [0.2, 0.25) is 0 Å². The van der Waals surface area contributed by atoms with Crippen molar-refractivity contribution in [2.24, 2.45) is 4.99 Å². The van der Waals surface area contributed by atoms with Crippen LogP contribution in [0.3, 0.4) is 0 Å². The van der Waals surface area contributed by atoms with Gasteiger partial charge >= 0.3 is 0 Å². The number of hydrogen-bond donors (Lipinski definition) is 2. The van der Waals surface area contributed by atoms with Crippen LogP contribution in [0.4, 0.5) is 0 Å². The smallest absolute Gasteiger partial charge is 0.191 e. The summed E-state index contributed by atoms with van der Waals surface area (Å²) in [5, 5.41) is 7.27. The lowest BCUT2D eigenvalue weighted by atomic mass is 10.2. The first kappa shape index (κ1) is 21.9. The fourth-order valence-electron chi connectivity index (χ4n) is 1.60. The highest BCUT2D eigenvalue weighted by Crippen LogP contribution is 2.22. The van der Waals surface area contributed by atoms with Gasteiger partial charge in [-0.15, -0.1) is 35.7 Å². The Labute approximate surface area is 160 Å². The van der Waals surface area contributed by atoms with Gasteiger partial charge in [0.15, 0.2) is 5.96 Å². The van der Waals surface area contributed by atoms with Gasteiger partial charge in [-0.05, 0) is 32.2 Å². The maximum absolute atomic E-state index is 4.28. The van der Waals surface area contributed by atoms with Crippen LogP contribution in [0.15, 0.2) is 40.2 Å². The molecule has 0 saturated heterocycles. The molecular formula is C16H28IN3S2. The molecule has 0 amide bonds. The summed E-state index contributed by atoms with van der Waals surface area (Å²) in [6.07, 6.45) is 2.14. The van der Waals surface area contributed by atoms with E-state index in [1.165, 1.54) is 4.90 Å². The third-order valence-corrected chi connectivity index (χ3v) is 5.46. The van der Waals surface area contributed by atoms with Gasteiger partial charge in [-0.2, -0.15) is 11.8 Å². The van der Waals surface area contributed by atoms with E-state index in [-0.39, 0.29) is 28.7 Å². The predicted molar refractivity (Wildman–Crippen MR) is 114 cm³/mol. The fraction of sp³-hybridized carbons (Fsp3) is 0.562.